The maximum absolute atomic E-state index is 14.0. The average molecular weight is 422 g/mol. The number of hydrogen-bond acceptors (Lipinski definition) is 4. The van der Waals surface area contributed by atoms with Crippen LogP contribution < -0.4 is 10.2 Å². The Kier molecular flexibility index (Phi) is 5.43. The van der Waals surface area contributed by atoms with Gasteiger partial charge in [-0.1, -0.05) is 30.3 Å². The molecule has 2 atom stereocenters. The van der Waals surface area contributed by atoms with Gasteiger partial charge in [-0.05, 0) is 38.0 Å². The Morgan fingerprint density at radius 1 is 1.19 bits per heavy atom. The molecule has 5 nitrogen and oxygen atoms in total. The molecule has 7 heteroatoms. The lowest BCUT2D eigenvalue weighted by Crippen LogP contribution is -2.34. The maximum Gasteiger partial charge on any atom is 0.228 e. The fourth-order valence-electron chi connectivity index (χ4n) is 4.27. The zero-order valence-corrected chi connectivity index (χ0v) is 17.7. The molecular weight excluding hydrogens is 398 g/mol. The third-order valence-corrected chi connectivity index (χ3v) is 5.93. The zero-order valence-electron chi connectivity index (χ0n) is 17.7. The molecule has 0 bridgehead atoms. The van der Waals surface area contributed by atoms with E-state index < -0.39 is 17.0 Å². The van der Waals surface area contributed by atoms with E-state index in [0.29, 0.717) is 18.8 Å². The number of aromatic nitrogens is 2. The second kappa shape index (κ2) is 8.06. The number of nitrogens with zero attached hydrogens (tertiary/aromatic N) is 3. The molecule has 4 rings (SSSR count). The predicted molar refractivity (Wildman–Crippen MR) is 116 cm³/mol. The Morgan fingerprint density at radius 2 is 1.94 bits per heavy atom. The lowest BCUT2D eigenvalue weighted by molar-refractivity contribution is -0.117. The lowest BCUT2D eigenvalue weighted by atomic mass is 9.92. The van der Waals surface area contributed by atoms with E-state index in [1.807, 2.05) is 51.2 Å². The van der Waals surface area contributed by atoms with Gasteiger partial charge in [0, 0.05) is 25.1 Å². The van der Waals surface area contributed by atoms with Crippen LogP contribution in [0.2, 0.25) is 0 Å². The van der Waals surface area contributed by atoms with E-state index in [0.717, 1.165) is 29.1 Å². The summed E-state index contributed by atoms with van der Waals surface area (Å²) in [7, 11) is 1.96. The lowest BCUT2D eigenvalue weighted by Gasteiger charge is -2.28. The minimum atomic E-state index is -0.788. The van der Waals surface area contributed by atoms with Gasteiger partial charge in [-0.2, -0.15) is 0 Å². The molecule has 1 N–H and O–H groups in total. The SMILES string of the molecule is Cc1ncc(N(C)C[C@@]2(c3ccccc3)C[C@H]2C(=O)Nc2ccc(F)cc2F)c(C)n1. The Bertz CT molecular complexity index is 1120. The molecule has 1 heterocycles. The van der Waals surface area contributed by atoms with Crippen LogP contribution in [0, 0.1) is 31.4 Å². The Morgan fingerprint density at radius 3 is 2.61 bits per heavy atom. The monoisotopic (exact) mass is 422 g/mol. The van der Waals surface area contributed by atoms with Crippen molar-refractivity contribution in [3.63, 3.8) is 0 Å². The first kappa shape index (κ1) is 20.9. The van der Waals surface area contributed by atoms with Crippen LogP contribution >= 0.6 is 0 Å². The van der Waals surface area contributed by atoms with Crippen molar-refractivity contribution in [3.05, 3.63) is 83.4 Å². The van der Waals surface area contributed by atoms with Crippen LogP contribution in [0.1, 0.15) is 23.5 Å². The summed E-state index contributed by atoms with van der Waals surface area (Å²) >= 11 is 0. The van der Waals surface area contributed by atoms with Crippen molar-refractivity contribution in [2.24, 2.45) is 5.92 Å². The first-order chi connectivity index (χ1) is 14.8. The van der Waals surface area contributed by atoms with E-state index in [1.165, 1.54) is 6.07 Å². The van der Waals surface area contributed by atoms with Gasteiger partial charge < -0.3 is 10.2 Å². The highest BCUT2D eigenvalue weighted by molar-refractivity contribution is 5.96. The summed E-state index contributed by atoms with van der Waals surface area (Å²) in [4.78, 5) is 23.8. The number of amides is 1. The molecule has 2 aromatic carbocycles. The fraction of sp³-hybridized carbons (Fsp3) is 0.292. The van der Waals surface area contributed by atoms with Gasteiger partial charge in [0.05, 0.1) is 29.2 Å². The first-order valence-electron chi connectivity index (χ1n) is 10.1. The molecule has 31 heavy (non-hydrogen) atoms. The van der Waals surface area contributed by atoms with Crippen molar-refractivity contribution in [2.75, 3.05) is 23.8 Å². The van der Waals surface area contributed by atoms with E-state index in [-0.39, 0.29) is 17.5 Å². The van der Waals surface area contributed by atoms with Crippen molar-refractivity contribution in [1.29, 1.82) is 0 Å². The van der Waals surface area contributed by atoms with Gasteiger partial charge in [0.25, 0.3) is 0 Å². The highest BCUT2D eigenvalue weighted by atomic mass is 19.1. The van der Waals surface area contributed by atoms with Crippen LogP contribution in [0.25, 0.3) is 0 Å². The number of nitrogens with one attached hydrogen (secondary N) is 1. The molecule has 1 aliphatic carbocycles. The highest BCUT2D eigenvalue weighted by Crippen LogP contribution is 2.55. The number of carbonyl (C=O) groups excluding carboxylic acids is 1. The summed E-state index contributed by atoms with van der Waals surface area (Å²) in [5.74, 6) is -1.38. The third kappa shape index (κ3) is 4.13. The number of benzene rings is 2. The summed E-state index contributed by atoms with van der Waals surface area (Å²) in [6.07, 6.45) is 2.42. The van der Waals surface area contributed by atoms with Crippen LogP contribution in [0.15, 0.2) is 54.7 Å². The van der Waals surface area contributed by atoms with E-state index in [4.69, 9.17) is 0 Å². The Labute approximate surface area is 180 Å². The molecule has 1 amide bonds. The van der Waals surface area contributed by atoms with Gasteiger partial charge in [0.1, 0.15) is 17.5 Å². The van der Waals surface area contributed by atoms with Crippen LogP contribution in [-0.4, -0.2) is 29.5 Å². The molecule has 0 unspecified atom stereocenters. The topological polar surface area (TPSA) is 58.1 Å². The normalized spacial score (nSPS) is 19.7. The van der Waals surface area contributed by atoms with Crippen LogP contribution in [-0.2, 0) is 10.2 Å². The molecule has 3 aromatic rings. The van der Waals surface area contributed by atoms with Crippen LogP contribution in [0.4, 0.5) is 20.2 Å². The highest BCUT2D eigenvalue weighted by Gasteiger charge is 2.59. The van der Waals surface area contributed by atoms with E-state index >= 15 is 0 Å². The van der Waals surface area contributed by atoms with E-state index in [1.54, 1.807) is 6.20 Å². The smallest absolute Gasteiger partial charge is 0.228 e. The summed E-state index contributed by atoms with van der Waals surface area (Å²) in [5.41, 5.74) is 2.38. The Hall–Kier alpha value is -3.35. The number of halogens is 2. The van der Waals surface area contributed by atoms with Crippen molar-refractivity contribution in [2.45, 2.75) is 25.7 Å². The molecule has 0 saturated heterocycles. The second-order valence-corrected chi connectivity index (χ2v) is 8.14. The average Bonchev–Trinajstić information content (AvgIpc) is 3.46. The Balaban J connectivity index is 1.59. The number of likely N-dealkylation sites (N-methyl/N-ethyl adjacent to an activating group) is 1. The summed E-state index contributed by atoms with van der Waals surface area (Å²) < 4.78 is 27.2. The molecule has 1 aromatic heterocycles. The third-order valence-electron chi connectivity index (χ3n) is 5.93. The van der Waals surface area contributed by atoms with Gasteiger partial charge in [0.15, 0.2) is 0 Å². The molecule has 160 valence electrons. The second-order valence-electron chi connectivity index (χ2n) is 8.14. The van der Waals surface area contributed by atoms with Crippen molar-refractivity contribution in [1.82, 2.24) is 9.97 Å². The standard InChI is InChI=1S/C24H24F2N4O/c1-15-22(13-27-16(2)28-15)30(3)14-24(17-7-5-4-6-8-17)12-19(24)23(31)29-21-10-9-18(25)11-20(21)26/h4-11,13,19H,12,14H2,1-3H3,(H,29,31)/t19-,24+/m0/s1. The number of rotatable bonds is 6. The van der Waals surface area contributed by atoms with Crippen molar-refractivity contribution >= 4 is 17.3 Å². The fourth-order valence-corrected chi connectivity index (χ4v) is 4.27. The van der Waals surface area contributed by atoms with Gasteiger partial charge in [-0.15, -0.1) is 0 Å². The largest absolute Gasteiger partial charge is 0.371 e. The number of aryl methyl sites for hydroxylation is 2. The molecule has 1 fully saturated rings. The minimum absolute atomic E-state index is 0.0172. The van der Waals surface area contributed by atoms with Gasteiger partial charge in [-0.25, -0.2) is 18.7 Å². The quantitative estimate of drug-likeness (QED) is 0.640. The maximum atomic E-state index is 14.0. The number of anilines is 2. The summed E-state index contributed by atoms with van der Waals surface area (Å²) in [5, 5.41) is 2.63. The zero-order chi connectivity index (χ0) is 22.2. The molecule has 0 aliphatic heterocycles. The summed E-state index contributed by atoms with van der Waals surface area (Å²) in [6.45, 7) is 4.36. The van der Waals surface area contributed by atoms with E-state index in [2.05, 4.69) is 20.2 Å². The van der Waals surface area contributed by atoms with Gasteiger partial charge in [0.2, 0.25) is 5.91 Å². The predicted octanol–water partition coefficient (Wildman–Crippen LogP) is 4.40. The molecule has 1 aliphatic rings. The molecule has 0 spiro atoms. The van der Waals surface area contributed by atoms with Crippen molar-refractivity contribution in [3.8, 4) is 0 Å². The summed E-state index contributed by atoms with van der Waals surface area (Å²) in [6, 6.07) is 13.0. The van der Waals surface area contributed by atoms with Crippen LogP contribution in [0.3, 0.4) is 0 Å². The number of hydrogen-bond donors (Lipinski definition) is 1. The van der Waals surface area contributed by atoms with Gasteiger partial charge >= 0.3 is 0 Å². The molecular formula is C24H24F2N4O. The minimum Gasteiger partial charge on any atom is -0.371 e. The van der Waals surface area contributed by atoms with Crippen LogP contribution in [0.5, 0.6) is 0 Å². The van der Waals surface area contributed by atoms with Gasteiger partial charge in [-0.3, -0.25) is 4.79 Å². The first-order valence-corrected chi connectivity index (χ1v) is 10.1. The molecule has 1 saturated carbocycles. The van der Waals surface area contributed by atoms with Crippen molar-refractivity contribution < 1.29 is 13.6 Å². The molecule has 0 radical (unpaired) electrons. The number of carbonyl (C=O) groups is 1. The van der Waals surface area contributed by atoms with E-state index in [9.17, 15) is 13.6 Å².